The fourth-order valence-electron chi connectivity index (χ4n) is 5.88. The largest absolute Gasteiger partial charge is 0.450 e. The average Bonchev–Trinajstić information content (AvgIpc) is 3.29. The highest BCUT2D eigenvalue weighted by molar-refractivity contribution is 5.80. The fraction of sp³-hybridized carbons (Fsp3) is 0.500. The van der Waals surface area contributed by atoms with Gasteiger partial charge in [-0.05, 0) is 38.3 Å². The van der Waals surface area contributed by atoms with Crippen molar-refractivity contribution in [3.8, 4) is 17.2 Å². The second kappa shape index (κ2) is 9.22. The van der Waals surface area contributed by atoms with Gasteiger partial charge in [-0.2, -0.15) is 5.26 Å². The van der Waals surface area contributed by atoms with Gasteiger partial charge in [-0.1, -0.05) is 18.2 Å². The number of aromatic nitrogens is 1. The van der Waals surface area contributed by atoms with E-state index >= 15 is 0 Å². The van der Waals surface area contributed by atoms with Crippen LogP contribution in [0.4, 0.5) is 15.0 Å². The SMILES string of the molecule is CCOC(=O)N1CC2(CC[C@@H](N3CCN(c4ncc(F)cc4-c4ccccc4C#N)CC3)C2)C1. The fourth-order valence-corrected chi connectivity index (χ4v) is 5.88. The maximum absolute atomic E-state index is 14.1. The molecule has 2 aromatic rings. The van der Waals surface area contributed by atoms with E-state index in [0.29, 0.717) is 29.3 Å². The lowest BCUT2D eigenvalue weighted by molar-refractivity contribution is -0.00294. The molecule has 1 aromatic carbocycles. The first-order valence-electron chi connectivity index (χ1n) is 12.1. The third-order valence-electron chi connectivity index (χ3n) is 7.56. The lowest BCUT2D eigenvalue weighted by atomic mass is 9.78. The summed E-state index contributed by atoms with van der Waals surface area (Å²) in [5, 5.41) is 9.53. The van der Waals surface area contributed by atoms with E-state index < -0.39 is 5.82 Å². The minimum Gasteiger partial charge on any atom is -0.450 e. The summed E-state index contributed by atoms with van der Waals surface area (Å²) in [6, 6.07) is 11.5. The van der Waals surface area contributed by atoms with Crippen molar-refractivity contribution in [1.82, 2.24) is 14.8 Å². The Hall–Kier alpha value is -3.18. The number of hydrogen-bond donors (Lipinski definition) is 0. The topological polar surface area (TPSA) is 72.7 Å². The third-order valence-corrected chi connectivity index (χ3v) is 7.56. The van der Waals surface area contributed by atoms with E-state index in [2.05, 4.69) is 20.9 Å². The predicted octanol–water partition coefficient (Wildman–Crippen LogP) is 3.89. The van der Waals surface area contributed by atoms with E-state index in [1.54, 1.807) is 6.07 Å². The molecule has 3 fully saturated rings. The Morgan fingerprint density at radius 1 is 1.24 bits per heavy atom. The maximum Gasteiger partial charge on any atom is 0.409 e. The third kappa shape index (κ3) is 4.21. The Labute approximate surface area is 199 Å². The van der Waals surface area contributed by atoms with Gasteiger partial charge in [0, 0.05) is 61.9 Å². The van der Waals surface area contributed by atoms with E-state index in [0.717, 1.165) is 64.3 Å². The van der Waals surface area contributed by atoms with Gasteiger partial charge in [0.05, 0.1) is 24.4 Å². The van der Waals surface area contributed by atoms with Crippen molar-refractivity contribution in [2.75, 3.05) is 50.8 Å². The van der Waals surface area contributed by atoms with Gasteiger partial charge in [0.15, 0.2) is 0 Å². The van der Waals surface area contributed by atoms with Crippen molar-refractivity contribution < 1.29 is 13.9 Å². The summed E-state index contributed by atoms with van der Waals surface area (Å²) >= 11 is 0. The molecule has 178 valence electrons. The molecule has 0 radical (unpaired) electrons. The summed E-state index contributed by atoms with van der Waals surface area (Å²) in [5.74, 6) is 0.328. The minimum absolute atomic E-state index is 0.189. The van der Waals surface area contributed by atoms with Gasteiger partial charge in [-0.25, -0.2) is 14.2 Å². The number of nitriles is 1. The monoisotopic (exact) mass is 463 g/mol. The van der Waals surface area contributed by atoms with Crippen LogP contribution >= 0.6 is 0 Å². The van der Waals surface area contributed by atoms with Gasteiger partial charge in [-0.3, -0.25) is 4.90 Å². The van der Waals surface area contributed by atoms with Crippen LogP contribution in [0.3, 0.4) is 0 Å². The van der Waals surface area contributed by atoms with E-state index in [-0.39, 0.29) is 11.5 Å². The Bertz CT molecular complexity index is 1100. The number of carbonyl (C=O) groups excluding carboxylic acids is 1. The first-order valence-corrected chi connectivity index (χ1v) is 12.1. The molecular weight excluding hydrogens is 433 g/mol. The van der Waals surface area contributed by atoms with Crippen molar-refractivity contribution >= 4 is 11.9 Å². The number of pyridine rings is 1. The first-order chi connectivity index (χ1) is 16.5. The Morgan fingerprint density at radius 3 is 2.74 bits per heavy atom. The molecule has 1 aliphatic carbocycles. The summed E-state index contributed by atoms with van der Waals surface area (Å²) < 4.78 is 19.3. The van der Waals surface area contributed by atoms with Crippen LogP contribution < -0.4 is 4.90 Å². The van der Waals surface area contributed by atoms with Crippen LogP contribution in [0, 0.1) is 22.6 Å². The molecular formula is C26H30FN5O2. The molecule has 1 saturated carbocycles. The molecule has 3 aliphatic rings. The number of carbonyl (C=O) groups is 1. The van der Waals surface area contributed by atoms with E-state index in [1.165, 1.54) is 12.3 Å². The van der Waals surface area contributed by atoms with Crippen LogP contribution in [0.25, 0.3) is 11.1 Å². The average molecular weight is 464 g/mol. The zero-order chi connectivity index (χ0) is 23.7. The molecule has 0 N–H and O–H groups in total. The maximum atomic E-state index is 14.1. The molecule has 3 heterocycles. The summed E-state index contributed by atoms with van der Waals surface area (Å²) in [4.78, 5) is 23.0. The number of halogens is 1. The molecule has 0 unspecified atom stereocenters. The van der Waals surface area contributed by atoms with Gasteiger partial charge in [0.1, 0.15) is 11.6 Å². The summed E-state index contributed by atoms with van der Waals surface area (Å²) in [5.41, 5.74) is 2.15. The number of nitrogens with zero attached hydrogens (tertiary/aromatic N) is 5. The summed E-state index contributed by atoms with van der Waals surface area (Å²) in [6.07, 6.45) is 4.51. The Balaban J connectivity index is 1.23. The molecule has 0 bridgehead atoms. The highest BCUT2D eigenvalue weighted by Crippen LogP contribution is 2.47. The first kappa shape index (κ1) is 22.6. The highest BCUT2D eigenvalue weighted by Gasteiger charge is 2.51. The van der Waals surface area contributed by atoms with Gasteiger partial charge >= 0.3 is 6.09 Å². The van der Waals surface area contributed by atoms with Crippen molar-refractivity contribution in [2.24, 2.45) is 5.41 Å². The van der Waals surface area contributed by atoms with Gasteiger partial charge in [0.25, 0.3) is 0 Å². The molecule has 2 aliphatic heterocycles. The Morgan fingerprint density at radius 2 is 2.00 bits per heavy atom. The smallest absolute Gasteiger partial charge is 0.409 e. The molecule has 7 nitrogen and oxygen atoms in total. The van der Waals surface area contributed by atoms with Crippen molar-refractivity contribution in [1.29, 1.82) is 5.26 Å². The van der Waals surface area contributed by atoms with E-state index in [4.69, 9.17) is 4.74 Å². The van der Waals surface area contributed by atoms with Crippen LogP contribution in [-0.2, 0) is 4.74 Å². The molecule has 8 heteroatoms. The highest BCUT2D eigenvalue weighted by atomic mass is 19.1. The molecule has 1 amide bonds. The normalized spacial score (nSPS) is 21.9. The van der Waals surface area contributed by atoms with E-state index in [9.17, 15) is 14.4 Å². The molecule has 1 spiro atoms. The minimum atomic E-state index is -0.404. The number of likely N-dealkylation sites (tertiary alicyclic amines) is 1. The van der Waals surface area contributed by atoms with Crippen molar-refractivity contribution in [3.05, 3.63) is 47.9 Å². The summed E-state index contributed by atoms with van der Waals surface area (Å²) in [6.45, 7) is 7.32. The Kier molecular flexibility index (Phi) is 6.13. The summed E-state index contributed by atoms with van der Waals surface area (Å²) in [7, 11) is 0. The van der Waals surface area contributed by atoms with Gasteiger partial charge in [0.2, 0.25) is 0 Å². The standard InChI is InChI=1S/C26H30FN5O2/c1-2-34-25(33)32-17-26(18-32)8-7-21(14-26)30-9-11-31(12-10-30)24-23(13-20(27)16-29-24)22-6-4-3-5-19(22)15-28/h3-6,13,16,21H,2,7-12,14,17-18H2,1H3/t21-/m1/s1. The van der Waals surface area contributed by atoms with Crippen LogP contribution in [0.15, 0.2) is 36.5 Å². The zero-order valence-corrected chi connectivity index (χ0v) is 19.5. The molecule has 2 saturated heterocycles. The molecule has 34 heavy (non-hydrogen) atoms. The molecule has 1 atom stereocenters. The van der Waals surface area contributed by atoms with E-state index in [1.807, 2.05) is 30.0 Å². The predicted molar refractivity (Wildman–Crippen MR) is 127 cm³/mol. The van der Waals surface area contributed by atoms with Crippen LogP contribution in [0.1, 0.15) is 31.7 Å². The van der Waals surface area contributed by atoms with Gasteiger partial charge in [-0.15, -0.1) is 0 Å². The number of rotatable bonds is 4. The number of ether oxygens (including phenoxy) is 1. The number of hydrogen-bond acceptors (Lipinski definition) is 6. The zero-order valence-electron chi connectivity index (χ0n) is 19.5. The number of anilines is 1. The van der Waals surface area contributed by atoms with Crippen molar-refractivity contribution in [3.63, 3.8) is 0 Å². The van der Waals surface area contributed by atoms with Crippen molar-refractivity contribution in [2.45, 2.75) is 32.2 Å². The molecule has 1 aromatic heterocycles. The lowest BCUT2D eigenvalue weighted by Gasteiger charge is -2.48. The second-order valence-electron chi connectivity index (χ2n) is 9.66. The number of piperazine rings is 1. The number of amides is 1. The van der Waals surface area contributed by atoms with Gasteiger partial charge < -0.3 is 14.5 Å². The van der Waals surface area contributed by atoms with Crippen LogP contribution in [0.5, 0.6) is 0 Å². The quantitative estimate of drug-likeness (QED) is 0.685. The van der Waals surface area contributed by atoms with Crippen LogP contribution in [-0.4, -0.2) is 72.8 Å². The lowest BCUT2D eigenvalue weighted by Crippen LogP contribution is -2.58. The second-order valence-corrected chi connectivity index (χ2v) is 9.66. The molecule has 5 rings (SSSR count). The van der Waals surface area contributed by atoms with Crippen LogP contribution in [0.2, 0.25) is 0 Å². The number of benzene rings is 1.